The monoisotopic (exact) mass is 240 g/mol. The van der Waals surface area contributed by atoms with Crippen molar-refractivity contribution in [1.29, 1.82) is 0 Å². The maximum Gasteiger partial charge on any atom is 0.422 e. The molecule has 0 aromatic rings. The Morgan fingerprint density at radius 3 is 2.47 bits per heavy atom. The summed E-state index contributed by atoms with van der Waals surface area (Å²) in [6.07, 6.45) is 2.16. The summed E-state index contributed by atoms with van der Waals surface area (Å²) in [4.78, 5) is 11.6. The van der Waals surface area contributed by atoms with E-state index in [2.05, 4.69) is 18.6 Å². The van der Waals surface area contributed by atoms with Crippen LogP contribution in [-0.4, -0.2) is 29.8 Å². The second-order valence-electron chi connectivity index (χ2n) is 5.07. The van der Waals surface area contributed by atoms with Crippen LogP contribution in [0.5, 0.6) is 0 Å². The van der Waals surface area contributed by atoms with Crippen molar-refractivity contribution >= 4 is 6.09 Å². The van der Waals surface area contributed by atoms with Crippen LogP contribution in [0.4, 0.5) is 4.79 Å². The highest BCUT2D eigenvalue weighted by Gasteiger charge is 2.17. The summed E-state index contributed by atoms with van der Waals surface area (Å²) < 4.78 is 5.18. The quantitative estimate of drug-likeness (QED) is 0.573. The highest BCUT2D eigenvalue weighted by atomic mass is 16.6. The molecule has 0 saturated heterocycles. The third kappa shape index (κ3) is 9.63. The number of nitrogens with zero attached hydrogens (tertiary/aromatic N) is 1. The molecule has 98 valence electrons. The van der Waals surface area contributed by atoms with Crippen molar-refractivity contribution in [3.63, 3.8) is 0 Å². The van der Waals surface area contributed by atoms with Crippen molar-refractivity contribution in [2.75, 3.05) is 13.1 Å². The zero-order valence-corrected chi connectivity index (χ0v) is 11.4. The number of nitrogens with one attached hydrogen (secondary N) is 1. The predicted octanol–water partition coefficient (Wildman–Crippen LogP) is 2.88. The van der Waals surface area contributed by atoms with E-state index >= 15 is 0 Å². The number of amides is 1. The van der Waals surface area contributed by atoms with Gasteiger partial charge in [0.05, 0.1) is 0 Å². The Labute approximate surface area is 104 Å². The molecule has 1 amide bonds. The van der Waals surface area contributed by atoms with Gasteiger partial charge in [-0.1, -0.05) is 18.2 Å². The van der Waals surface area contributed by atoms with E-state index in [1.165, 1.54) is 0 Å². The summed E-state index contributed by atoms with van der Waals surface area (Å²) >= 11 is 0. The van der Waals surface area contributed by atoms with Gasteiger partial charge in [-0.25, -0.2) is 9.80 Å². The standard InChI is InChI=1S/C13H24N2O2/c1-7-8-9-15(10-11(2)3)14-12(16)17-13(4,5)6/h7H,1-2,8-10H2,3-6H3,(H,14,16). The fourth-order valence-corrected chi connectivity index (χ4v) is 1.18. The topological polar surface area (TPSA) is 41.6 Å². The van der Waals surface area contributed by atoms with Crippen LogP contribution in [-0.2, 0) is 4.74 Å². The van der Waals surface area contributed by atoms with Crippen LogP contribution in [0.1, 0.15) is 34.1 Å². The second kappa shape index (κ2) is 7.12. The molecule has 0 fully saturated rings. The molecule has 0 atom stereocenters. The minimum absolute atomic E-state index is 0.442. The molecule has 0 aromatic carbocycles. The summed E-state index contributed by atoms with van der Waals surface area (Å²) in [6.45, 7) is 16.2. The smallest absolute Gasteiger partial charge is 0.422 e. The lowest BCUT2D eigenvalue weighted by molar-refractivity contribution is 0.0346. The zero-order valence-electron chi connectivity index (χ0n) is 11.4. The summed E-state index contributed by atoms with van der Waals surface area (Å²) in [6, 6.07) is 0. The van der Waals surface area contributed by atoms with Crippen LogP contribution >= 0.6 is 0 Å². The molecule has 0 aromatic heterocycles. The molecule has 17 heavy (non-hydrogen) atoms. The Balaban J connectivity index is 4.26. The molecule has 0 rings (SSSR count). The zero-order chi connectivity index (χ0) is 13.5. The first-order chi connectivity index (χ1) is 7.74. The molecule has 0 spiro atoms. The molecule has 0 unspecified atom stereocenters. The van der Waals surface area contributed by atoms with Crippen LogP contribution in [0.3, 0.4) is 0 Å². The lowest BCUT2D eigenvalue weighted by Gasteiger charge is -2.26. The van der Waals surface area contributed by atoms with Crippen molar-refractivity contribution in [2.45, 2.75) is 39.7 Å². The number of carbonyl (C=O) groups excluding carboxylic acids is 1. The Hall–Kier alpha value is -1.29. The molecule has 0 aliphatic rings. The van der Waals surface area contributed by atoms with Crippen molar-refractivity contribution in [2.24, 2.45) is 0 Å². The second-order valence-corrected chi connectivity index (χ2v) is 5.07. The van der Waals surface area contributed by atoms with Gasteiger partial charge < -0.3 is 4.74 Å². The number of ether oxygens (including phenoxy) is 1. The third-order valence-corrected chi connectivity index (χ3v) is 1.71. The van der Waals surface area contributed by atoms with Gasteiger partial charge in [0.2, 0.25) is 0 Å². The van der Waals surface area contributed by atoms with Gasteiger partial charge >= 0.3 is 6.09 Å². The summed E-state index contributed by atoms with van der Waals surface area (Å²) in [5, 5.41) is 1.78. The minimum Gasteiger partial charge on any atom is -0.443 e. The fraction of sp³-hybridized carbons (Fsp3) is 0.615. The van der Waals surface area contributed by atoms with Gasteiger partial charge in [0.25, 0.3) is 0 Å². The first-order valence-corrected chi connectivity index (χ1v) is 5.74. The van der Waals surface area contributed by atoms with Gasteiger partial charge in [-0.05, 0) is 34.1 Å². The van der Waals surface area contributed by atoms with E-state index < -0.39 is 11.7 Å². The number of hydrogen-bond acceptors (Lipinski definition) is 3. The molecule has 0 saturated carbocycles. The van der Waals surface area contributed by atoms with Crippen molar-refractivity contribution in [1.82, 2.24) is 10.4 Å². The molecule has 0 aliphatic heterocycles. The Bertz CT molecular complexity index is 280. The summed E-state index contributed by atoms with van der Waals surface area (Å²) in [5.41, 5.74) is 3.19. The maximum absolute atomic E-state index is 11.6. The first kappa shape index (κ1) is 15.7. The molecule has 0 heterocycles. The highest BCUT2D eigenvalue weighted by Crippen LogP contribution is 2.07. The molecular formula is C13H24N2O2. The summed E-state index contributed by atoms with van der Waals surface area (Å²) in [7, 11) is 0. The number of carbonyl (C=O) groups is 1. The molecule has 4 heteroatoms. The van der Waals surface area contributed by atoms with Crippen molar-refractivity contribution in [3.8, 4) is 0 Å². The van der Waals surface area contributed by atoms with Crippen molar-refractivity contribution < 1.29 is 9.53 Å². The Kier molecular flexibility index (Phi) is 6.58. The van der Waals surface area contributed by atoms with E-state index in [4.69, 9.17) is 4.74 Å². The molecule has 4 nitrogen and oxygen atoms in total. The van der Waals surface area contributed by atoms with E-state index in [0.29, 0.717) is 13.1 Å². The average Bonchev–Trinajstić information content (AvgIpc) is 2.09. The van der Waals surface area contributed by atoms with Gasteiger partial charge in [0.15, 0.2) is 0 Å². The normalized spacial score (nSPS) is 11.1. The van der Waals surface area contributed by atoms with E-state index in [-0.39, 0.29) is 0 Å². The molecular weight excluding hydrogens is 216 g/mol. The first-order valence-electron chi connectivity index (χ1n) is 5.74. The minimum atomic E-state index is -0.489. The number of hydrogen-bond donors (Lipinski definition) is 1. The van der Waals surface area contributed by atoms with Crippen LogP contribution in [0.15, 0.2) is 24.8 Å². The van der Waals surface area contributed by atoms with Gasteiger partial charge in [-0.2, -0.15) is 0 Å². The molecule has 1 N–H and O–H groups in total. The highest BCUT2D eigenvalue weighted by molar-refractivity contribution is 5.67. The molecule has 0 radical (unpaired) electrons. The predicted molar refractivity (Wildman–Crippen MR) is 70.6 cm³/mol. The largest absolute Gasteiger partial charge is 0.443 e. The van der Waals surface area contributed by atoms with Crippen LogP contribution in [0.25, 0.3) is 0 Å². The number of hydrazine groups is 1. The van der Waals surface area contributed by atoms with Crippen molar-refractivity contribution in [3.05, 3.63) is 24.8 Å². The van der Waals surface area contributed by atoms with Gasteiger partial charge in [0.1, 0.15) is 5.60 Å². The van der Waals surface area contributed by atoms with Gasteiger partial charge in [-0.3, -0.25) is 5.43 Å². The van der Waals surface area contributed by atoms with Crippen LogP contribution in [0, 0.1) is 0 Å². The average molecular weight is 240 g/mol. The Morgan fingerprint density at radius 1 is 1.47 bits per heavy atom. The van der Waals surface area contributed by atoms with E-state index in [1.807, 2.05) is 33.8 Å². The lowest BCUT2D eigenvalue weighted by atomic mass is 10.2. The molecule has 0 bridgehead atoms. The van der Waals surface area contributed by atoms with Gasteiger partial charge in [-0.15, -0.1) is 6.58 Å². The van der Waals surface area contributed by atoms with Gasteiger partial charge in [0, 0.05) is 13.1 Å². The SMILES string of the molecule is C=CCCN(CC(=C)C)NC(=O)OC(C)(C)C. The van der Waals surface area contributed by atoms with Crippen LogP contribution < -0.4 is 5.43 Å². The number of rotatable bonds is 6. The van der Waals surface area contributed by atoms with E-state index in [1.54, 1.807) is 5.01 Å². The molecule has 0 aliphatic carbocycles. The van der Waals surface area contributed by atoms with E-state index in [0.717, 1.165) is 12.0 Å². The van der Waals surface area contributed by atoms with Crippen LogP contribution in [0.2, 0.25) is 0 Å². The third-order valence-electron chi connectivity index (χ3n) is 1.71. The Morgan fingerprint density at radius 2 is 2.06 bits per heavy atom. The fourth-order valence-electron chi connectivity index (χ4n) is 1.18. The maximum atomic E-state index is 11.6. The summed E-state index contributed by atoms with van der Waals surface area (Å²) in [5.74, 6) is 0. The lowest BCUT2D eigenvalue weighted by Crippen LogP contribution is -2.45. The van der Waals surface area contributed by atoms with E-state index in [9.17, 15) is 4.79 Å².